The second-order valence-electron chi connectivity index (χ2n) is 5.26. The van der Waals surface area contributed by atoms with Crippen molar-refractivity contribution in [2.24, 2.45) is 16.1 Å². The highest BCUT2D eigenvalue weighted by Gasteiger charge is 2.24. The first-order chi connectivity index (χ1) is 7.14. The molecule has 0 saturated heterocycles. The van der Waals surface area contributed by atoms with Crippen molar-refractivity contribution in [2.75, 3.05) is 26.9 Å². The minimum Gasteiger partial charge on any atom is -0.388 e. The lowest BCUT2D eigenvalue weighted by molar-refractivity contribution is 0.177. The average molecular weight is 246 g/mol. The van der Waals surface area contributed by atoms with Crippen molar-refractivity contribution in [3.63, 3.8) is 0 Å². The number of rotatable bonds is 5. The van der Waals surface area contributed by atoms with Crippen molar-refractivity contribution >= 4 is 17.8 Å². The van der Waals surface area contributed by atoms with Crippen LogP contribution in [0.2, 0.25) is 0 Å². The number of amidine groups is 1. The Balaban J connectivity index is 4.41. The SMILES string of the molecule is CC(N)=NC(CSN(C)N(C)C)C(C)(C)C. The summed E-state index contributed by atoms with van der Waals surface area (Å²) < 4.78 is 2.10. The molecule has 0 radical (unpaired) electrons. The largest absolute Gasteiger partial charge is 0.388 e. The van der Waals surface area contributed by atoms with Gasteiger partial charge in [0.05, 0.1) is 11.9 Å². The van der Waals surface area contributed by atoms with Crippen LogP contribution in [-0.4, -0.2) is 48.2 Å². The zero-order chi connectivity index (χ0) is 12.9. The highest BCUT2D eigenvalue weighted by Crippen LogP contribution is 2.26. The van der Waals surface area contributed by atoms with E-state index in [4.69, 9.17) is 5.73 Å². The Morgan fingerprint density at radius 3 is 2.12 bits per heavy atom. The molecular weight excluding hydrogens is 220 g/mol. The van der Waals surface area contributed by atoms with Crippen LogP contribution in [0.3, 0.4) is 0 Å². The van der Waals surface area contributed by atoms with Crippen molar-refractivity contribution in [3.8, 4) is 0 Å². The summed E-state index contributed by atoms with van der Waals surface area (Å²) in [6.45, 7) is 8.43. The van der Waals surface area contributed by atoms with Crippen LogP contribution >= 0.6 is 11.9 Å². The van der Waals surface area contributed by atoms with Gasteiger partial charge in [-0.3, -0.25) is 4.99 Å². The van der Waals surface area contributed by atoms with Gasteiger partial charge < -0.3 is 5.73 Å². The monoisotopic (exact) mass is 246 g/mol. The maximum Gasteiger partial charge on any atom is 0.0909 e. The van der Waals surface area contributed by atoms with Gasteiger partial charge in [-0.2, -0.15) is 4.41 Å². The van der Waals surface area contributed by atoms with Crippen LogP contribution in [0.1, 0.15) is 27.7 Å². The minimum absolute atomic E-state index is 0.140. The van der Waals surface area contributed by atoms with Gasteiger partial charge in [0.1, 0.15) is 0 Å². The van der Waals surface area contributed by atoms with Crippen LogP contribution in [-0.2, 0) is 0 Å². The van der Waals surface area contributed by atoms with Crippen LogP contribution in [0, 0.1) is 5.41 Å². The Kier molecular flexibility index (Phi) is 6.36. The van der Waals surface area contributed by atoms with E-state index in [2.05, 4.69) is 30.2 Å². The van der Waals surface area contributed by atoms with E-state index < -0.39 is 0 Å². The first-order valence-corrected chi connectivity index (χ1v) is 6.42. The van der Waals surface area contributed by atoms with Gasteiger partial charge in [-0.05, 0) is 12.3 Å². The molecule has 0 heterocycles. The maximum atomic E-state index is 5.67. The zero-order valence-corrected chi connectivity index (χ0v) is 12.4. The third kappa shape index (κ3) is 6.35. The molecule has 4 nitrogen and oxygen atoms in total. The fourth-order valence-corrected chi connectivity index (χ4v) is 2.18. The average Bonchev–Trinajstić information content (AvgIpc) is 2.08. The molecule has 0 bridgehead atoms. The number of hydrogen-bond donors (Lipinski definition) is 1. The molecule has 0 fully saturated rings. The topological polar surface area (TPSA) is 44.9 Å². The smallest absolute Gasteiger partial charge is 0.0909 e. The van der Waals surface area contributed by atoms with Crippen LogP contribution in [0.5, 0.6) is 0 Å². The van der Waals surface area contributed by atoms with E-state index in [0.717, 1.165) is 5.75 Å². The zero-order valence-electron chi connectivity index (χ0n) is 11.6. The molecule has 96 valence electrons. The summed E-state index contributed by atoms with van der Waals surface area (Å²) >= 11 is 1.76. The molecule has 1 unspecified atom stereocenters. The van der Waals surface area contributed by atoms with Crippen LogP contribution in [0.4, 0.5) is 0 Å². The Bertz CT molecular complexity index is 229. The lowest BCUT2D eigenvalue weighted by Crippen LogP contribution is -2.33. The molecule has 0 aromatic heterocycles. The third-order valence-corrected chi connectivity index (χ3v) is 3.51. The highest BCUT2D eigenvalue weighted by atomic mass is 32.2. The maximum absolute atomic E-state index is 5.67. The molecule has 0 rings (SSSR count). The number of hydrogen-bond acceptors (Lipinski definition) is 4. The first kappa shape index (κ1) is 15.7. The lowest BCUT2D eigenvalue weighted by Gasteiger charge is -2.30. The van der Waals surface area contributed by atoms with Gasteiger partial charge >= 0.3 is 0 Å². The molecule has 5 heteroatoms. The summed E-state index contributed by atoms with van der Waals surface area (Å²) in [7, 11) is 6.09. The normalized spacial score (nSPS) is 15.9. The second kappa shape index (κ2) is 6.47. The van der Waals surface area contributed by atoms with Crippen molar-refractivity contribution in [2.45, 2.75) is 33.7 Å². The van der Waals surface area contributed by atoms with Crippen LogP contribution < -0.4 is 5.73 Å². The molecule has 0 spiro atoms. The molecule has 0 aliphatic carbocycles. The number of aliphatic imine (C=N–C) groups is 1. The van der Waals surface area contributed by atoms with E-state index in [0.29, 0.717) is 5.84 Å². The van der Waals surface area contributed by atoms with E-state index in [-0.39, 0.29) is 11.5 Å². The fraction of sp³-hybridized carbons (Fsp3) is 0.909. The molecule has 0 saturated carbocycles. The van der Waals surface area contributed by atoms with E-state index in [1.807, 2.05) is 33.1 Å². The third-order valence-electron chi connectivity index (χ3n) is 2.34. The van der Waals surface area contributed by atoms with Crippen LogP contribution in [0.15, 0.2) is 4.99 Å². The summed E-state index contributed by atoms with van der Waals surface area (Å²) in [6.07, 6.45) is 0. The highest BCUT2D eigenvalue weighted by molar-refractivity contribution is 7.96. The van der Waals surface area contributed by atoms with Gasteiger partial charge in [0.15, 0.2) is 0 Å². The first-order valence-electron chi connectivity index (χ1n) is 5.48. The van der Waals surface area contributed by atoms with Crippen molar-refractivity contribution in [1.29, 1.82) is 0 Å². The number of nitrogens with two attached hydrogens (primary N) is 1. The van der Waals surface area contributed by atoms with E-state index in [1.54, 1.807) is 11.9 Å². The molecular formula is C11H26N4S. The predicted molar refractivity (Wildman–Crippen MR) is 74.4 cm³/mol. The molecule has 16 heavy (non-hydrogen) atoms. The van der Waals surface area contributed by atoms with Crippen molar-refractivity contribution in [1.82, 2.24) is 9.42 Å². The summed E-state index contributed by atoms with van der Waals surface area (Å²) in [5.74, 6) is 1.60. The predicted octanol–water partition coefficient (Wildman–Crippen LogP) is 1.83. The van der Waals surface area contributed by atoms with Gasteiger partial charge in [-0.25, -0.2) is 5.01 Å². The minimum atomic E-state index is 0.140. The molecule has 0 aromatic carbocycles. The quantitative estimate of drug-likeness (QED) is 0.348. The number of hydrazine groups is 1. The van der Waals surface area contributed by atoms with Crippen molar-refractivity contribution < 1.29 is 0 Å². The molecule has 1 atom stereocenters. The van der Waals surface area contributed by atoms with E-state index >= 15 is 0 Å². The molecule has 0 aliphatic rings. The Morgan fingerprint density at radius 1 is 1.31 bits per heavy atom. The Morgan fingerprint density at radius 2 is 1.81 bits per heavy atom. The summed E-state index contributed by atoms with van der Waals surface area (Å²) in [4.78, 5) is 4.51. The van der Waals surface area contributed by atoms with E-state index in [9.17, 15) is 0 Å². The Hall–Kier alpha value is -0.260. The van der Waals surface area contributed by atoms with Gasteiger partial charge in [0, 0.05) is 26.9 Å². The lowest BCUT2D eigenvalue weighted by atomic mass is 9.88. The molecule has 2 N–H and O–H groups in total. The number of nitrogens with zero attached hydrogens (tertiary/aromatic N) is 3. The van der Waals surface area contributed by atoms with E-state index in [1.165, 1.54) is 0 Å². The standard InChI is InChI=1S/C11H26N4S/c1-9(12)13-10(11(2,3)4)8-16-15(7)14(5)6/h10H,8H2,1-7H3,(H2,12,13). The molecule has 0 aromatic rings. The van der Waals surface area contributed by atoms with Crippen molar-refractivity contribution in [3.05, 3.63) is 0 Å². The molecule has 0 amide bonds. The van der Waals surface area contributed by atoms with Gasteiger partial charge in [-0.15, -0.1) is 0 Å². The molecule has 0 aliphatic heterocycles. The summed E-state index contributed by atoms with van der Waals surface area (Å²) in [6, 6.07) is 0.241. The summed E-state index contributed by atoms with van der Waals surface area (Å²) in [5.41, 5.74) is 5.81. The second-order valence-corrected chi connectivity index (χ2v) is 6.38. The van der Waals surface area contributed by atoms with Crippen LogP contribution in [0.25, 0.3) is 0 Å². The van der Waals surface area contributed by atoms with Gasteiger partial charge in [0.2, 0.25) is 0 Å². The van der Waals surface area contributed by atoms with Gasteiger partial charge in [0.25, 0.3) is 0 Å². The fourth-order valence-electron chi connectivity index (χ4n) is 1.02. The Labute approximate surface area is 104 Å². The van der Waals surface area contributed by atoms with Gasteiger partial charge in [-0.1, -0.05) is 32.7 Å². The summed E-state index contributed by atoms with van der Waals surface area (Å²) in [5, 5.41) is 2.05.